The molecule has 1 aromatic rings. The highest BCUT2D eigenvalue weighted by Gasteiger charge is 2.24. The number of pyridine rings is 1. The summed E-state index contributed by atoms with van der Waals surface area (Å²) in [5.41, 5.74) is 2.25. The lowest BCUT2D eigenvalue weighted by atomic mass is 10.2. The van der Waals surface area contributed by atoms with Crippen LogP contribution in [0, 0.1) is 6.92 Å². The van der Waals surface area contributed by atoms with Crippen molar-refractivity contribution < 1.29 is 0 Å². The fourth-order valence-electron chi connectivity index (χ4n) is 3.22. The molecule has 1 atom stereocenters. The fourth-order valence-corrected chi connectivity index (χ4v) is 3.22. The lowest BCUT2D eigenvalue weighted by molar-refractivity contribution is 0.232. The third-order valence-corrected chi connectivity index (χ3v) is 4.58. The van der Waals surface area contributed by atoms with E-state index >= 15 is 0 Å². The summed E-state index contributed by atoms with van der Waals surface area (Å²) < 4.78 is 0. The zero-order chi connectivity index (χ0) is 16.7. The van der Waals surface area contributed by atoms with Crippen LogP contribution in [-0.2, 0) is 6.54 Å². The number of likely N-dealkylation sites (tertiary alicyclic amines) is 1. The predicted molar refractivity (Wildman–Crippen MR) is 96.7 cm³/mol. The Labute approximate surface area is 140 Å². The van der Waals surface area contributed by atoms with Crippen LogP contribution in [0.5, 0.6) is 0 Å². The van der Waals surface area contributed by atoms with Crippen molar-refractivity contribution in [1.82, 2.24) is 20.1 Å². The van der Waals surface area contributed by atoms with E-state index in [1.807, 2.05) is 12.3 Å². The molecule has 1 N–H and O–H groups in total. The molecule has 5 nitrogen and oxygen atoms in total. The van der Waals surface area contributed by atoms with Gasteiger partial charge in [-0.05, 0) is 51.4 Å². The highest BCUT2D eigenvalue weighted by Crippen LogP contribution is 2.17. The second kappa shape index (κ2) is 8.87. The number of nitrogens with zero attached hydrogens (tertiary/aromatic N) is 4. The number of hydrogen-bond donors (Lipinski definition) is 1. The van der Waals surface area contributed by atoms with E-state index in [1.165, 1.54) is 24.9 Å². The van der Waals surface area contributed by atoms with E-state index in [2.05, 4.69) is 54.0 Å². The molecule has 0 saturated carbocycles. The Morgan fingerprint density at radius 3 is 3.00 bits per heavy atom. The van der Waals surface area contributed by atoms with Crippen LogP contribution in [0.4, 0.5) is 0 Å². The maximum absolute atomic E-state index is 4.79. The number of nitrogens with one attached hydrogen (secondary N) is 1. The molecule has 1 aliphatic rings. The summed E-state index contributed by atoms with van der Waals surface area (Å²) >= 11 is 0. The first-order chi connectivity index (χ1) is 11.2. The van der Waals surface area contributed by atoms with Crippen LogP contribution in [0.2, 0.25) is 0 Å². The maximum Gasteiger partial charge on any atom is 0.194 e. The van der Waals surface area contributed by atoms with Crippen molar-refractivity contribution in [2.45, 2.75) is 46.2 Å². The minimum atomic E-state index is 0.626. The van der Waals surface area contributed by atoms with Gasteiger partial charge in [-0.1, -0.05) is 13.0 Å². The summed E-state index contributed by atoms with van der Waals surface area (Å²) in [7, 11) is 2.14. The van der Waals surface area contributed by atoms with Crippen molar-refractivity contribution in [3.63, 3.8) is 0 Å². The Hall–Kier alpha value is -1.62. The molecule has 1 unspecified atom stereocenters. The molecule has 5 heteroatoms. The molecule has 0 aliphatic carbocycles. The molecule has 0 radical (unpaired) electrons. The lowest BCUT2D eigenvalue weighted by Gasteiger charge is -2.29. The molecule has 1 aromatic heterocycles. The van der Waals surface area contributed by atoms with Crippen LogP contribution in [0.3, 0.4) is 0 Å². The van der Waals surface area contributed by atoms with E-state index in [4.69, 9.17) is 4.99 Å². The topological polar surface area (TPSA) is 43.8 Å². The summed E-state index contributed by atoms with van der Waals surface area (Å²) in [6, 6.07) is 4.70. The number of likely N-dealkylation sites (N-methyl/N-ethyl adjacent to an activating group) is 2. The molecule has 0 bridgehead atoms. The monoisotopic (exact) mass is 317 g/mol. The van der Waals surface area contributed by atoms with E-state index in [1.54, 1.807) is 0 Å². The summed E-state index contributed by atoms with van der Waals surface area (Å²) in [5.74, 6) is 0.973. The van der Waals surface area contributed by atoms with E-state index in [9.17, 15) is 0 Å². The number of aryl methyl sites for hydroxylation is 1. The molecule has 1 aliphatic heterocycles. The minimum absolute atomic E-state index is 0.626. The van der Waals surface area contributed by atoms with Gasteiger partial charge in [-0.2, -0.15) is 0 Å². The Morgan fingerprint density at radius 2 is 2.30 bits per heavy atom. The van der Waals surface area contributed by atoms with Crippen LogP contribution in [0.15, 0.2) is 23.3 Å². The molecule has 2 rings (SSSR count). The zero-order valence-electron chi connectivity index (χ0n) is 15.0. The number of rotatable bonds is 6. The summed E-state index contributed by atoms with van der Waals surface area (Å²) in [6.45, 7) is 11.4. The number of guanidine groups is 1. The van der Waals surface area contributed by atoms with Gasteiger partial charge in [0.1, 0.15) is 0 Å². The standard InChI is InChI=1S/C18H31N5/c1-5-19-18(21-13-17-15(3)9-7-11-20-17)22(4)14-16-10-8-12-23(16)6-2/h7,9,11,16H,5-6,8,10,12-14H2,1-4H3,(H,19,21). The van der Waals surface area contributed by atoms with Gasteiger partial charge in [0.2, 0.25) is 0 Å². The maximum atomic E-state index is 4.79. The first-order valence-corrected chi connectivity index (χ1v) is 8.79. The van der Waals surface area contributed by atoms with Crippen molar-refractivity contribution in [2.75, 3.05) is 33.2 Å². The fraction of sp³-hybridized carbons (Fsp3) is 0.667. The molecule has 23 heavy (non-hydrogen) atoms. The van der Waals surface area contributed by atoms with Crippen LogP contribution >= 0.6 is 0 Å². The first kappa shape index (κ1) is 17.7. The molecular weight excluding hydrogens is 286 g/mol. The van der Waals surface area contributed by atoms with Crippen molar-refractivity contribution in [3.05, 3.63) is 29.6 Å². The van der Waals surface area contributed by atoms with Gasteiger partial charge < -0.3 is 10.2 Å². The van der Waals surface area contributed by atoms with Gasteiger partial charge in [0.15, 0.2) is 5.96 Å². The third-order valence-electron chi connectivity index (χ3n) is 4.58. The molecular formula is C18H31N5. The Morgan fingerprint density at radius 1 is 1.48 bits per heavy atom. The normalized spacial score (nSPS) is 19.1. The average molecular weight is 317 g/mol. The second-order valence-electron chi connectivity index (χ2n) is 6.24. The smallest absolute Gasteiger partial charge is 0.194 e. The van der Waals surface area contributed by atoms with E-state index in [-0.39, 0.29) is 0 Å². The molecule has 0 spiro atoms. The first-order valence-electron chi connectivity index (χ1n) is 8.79. The SMILES string of the molecule is CCNC(=NCc1ncccc1C)N(C)CC1CCCN1CC. The molecule has 128 valence electrons. The van der Waals surface area contributed by atoms with Gasteiger partial charge in [-0.3, -0.25) is 9.88 Å². The number of hydrogen-bond acceptors (Lipinski definition) is 3. The Kier molecular flexibility index (Phi) is 6.84. The van der Waals surface area contributed by atoms with Crippen LogP contribution in [0.25, 0.3) is 0 Å². The minimum Gasteiger partial charge on any atom is -0.357 e. The van der Waals surface area contributed by atoms with Crippen molar-refractivity contribution in [1.29, 1.82) is 0 Å². The number of aromatic nitrogens is 1. The van der Waals surface area contributed by atoms with E-state index < -0.39 is 0 Å². The summed E-state index contributed by atoms with van der Waals surface area (Å²) in [5, 5.41) is 3.41. The second-order valence-corrected chi connectivity index (χ2v) is 6.24. The Balaban J connectivity index is 2.01. The van der Waals surface area contributed by atoms with Gasteiger partial charge in [0.05, 0.1) is 12.2 Å². The largest absolute Gasteiger partial charge is 0.357 e. The quantitative estimate of drug-likeness (QED) is 0.646. The molecule has 1 fully saturated rings. The van der Waals surface area contributed by atoms with Crippen LogP contribution < -0.4 is 5.32 Å². The van der Waals surface area contributed by atoms with Crippen LogP contribution in [-0.4, -0.2) is 60.0 Å². The highest BCUT2D eigenvalue weighted by molar-refractivity contribution is 5.79. The van der Waals surface area contributed by atoms with Crippen molar-refractivity contribution in [3.8, 4) is 0 Å². The van der Waals surface area contributed by atoms with Gasteiger partial charge in [-0.15, -0.1) is 0 Å². The van der Waals surface area contributed by atoms with Gasteiger partial charge in [0, 0.05) is 32.4 Å². The molecule has 2 heterocycles. The Bertz CT molecular complexity index is 514. The molecule has 0 amide bonds. The van der Waals surface area contributed by atoms with Gasteiger partial charge in [0.25, 0.3) is 0 Å². The van der Waals surface area contributed by atoms with Gasteiger partial charge >= 0.3 is 0 Å². The summed E-state index contributed by atoms with van der Waals surface area (Å²) in [4.78, 5) is 14.1. The van der Waals surface area contributed by atoms with Crippen LogP contribution in [0.1, 0.15) is 37.9 Å². The van der Waals surface area contributed by atoms with Crippen molar-refractivity contribution >= 4 is 5.96 Å². The van der Waals surface area contributed by atoms with Crippen molar-refractivity contribution in [2.24, 2.45) is 4.99 Å². The average Bonchev–Trinajstić information content (AvgIpc) is 2.99. The summed E-state index contributed by atoms with van der Waals surface area (Å²) in [6.07, 6.45) is 4.44. The zero-order valence-corrected chi connectivity index (χ0v) is 15.0. The number of aliphatic imine (C=N–C) groups is 1. The highest BCUT2D eigenvalue weighted by atomic mass is 15.3. The van der Waals surface area contributed by atoms with E-state index in [0.717, 1.165) is 31.3 Å². The van der Waals surface area contributed by atoms with Gasteiger partial charge in [-0.25, -0.2) is 4.99 Å². The molecule has 0 aromatic carbocycles. The predicted octanol–water partition coefficient (Wildman–Crippen LogP) is 2.27. The van der Waals surface area contributed by atoms with E-state index in [0.29, 0.717) is 12.6 Å². The third kappa shape index (κ3) is 4.93. The molecule has 1 saturated heterocycles. The lowest BCUT2D eigenvalue weighted by Crippen LogP contribution is -2.45.